The van der Waals surface area contributed by atoms with Gasteiger partial charge in [-0.3, -0.25) is 10.1 Å². The van der Waals surface area contributed by atoms with Crippen molar-refractivity contribution in [1.82, 2.24) is 9.88 Å². The third kappa shape index (κ3) is 3.33. The van der Waals surface area contributed by atoms with Crippen LogP contribution in [0.15, 0.2) is 0 Å². The standard InChI is InChI=1S/C14H16F3N3O3S/c15-14(16,17)8-6-20(5-7(8)11(21)22)13(23)19-12-18-9-3-1-2-4-10(9)24-12/h7-8H,1-6H2,(H,21,22)(H,18,19,23)/t7-,8-/m1/s1. The van der Waals surface area contributed by atoms with Gasteiger partial charge < -0.3 is 10.0 Å². The Morgan fingerprint density at radius 3 is 2.54 bits per heavy atom. The smallest absolute Gasteiger partial charge is 0.394 e. The minimum Gasteiger partial charge on any atom is -0.481 e. The maximum Gasteiger partial charge on any atom is 0.394 e. The third-order valence-corrected chi connectivity index (χ3v) is 5.48. The van der Waals surface area contributed by atoms with Crippen LogP contribution in [0.3, 0.4) is 0 Å². The van der Waals surface area contributed by atoms with E-state index in [9.17, 15) is 22.8 Å². The van der Waals surface area contributed by atoms with Crippen molar-refractivity contribution in [3.05, 3.63) is 10.6 Å². The zero-order valence-corrected chi connectivity index (χ0v) is 13.4. The van der Waals surface area contributed by atoms with Gasteiger partial charge in [-0.15, -0.1) is 11.3 Å². The normalized spacial score (nSPS) is 23.9. The van der Waals surface area contributed by atoms with Crippen LogP contribution >= 0.6 is 11.3 Å². The van der Waals surface area contributed by atoms with Gasteiger partial charge in [-0.25, -0.2) is 9.78 Å². The predicted octanol–water partition coefficient (Wildman–Crippen LogP) is 2.75. The molecule has 2 amide bonds. The summed E-state index contributed by atoms with van der Waals surface area (Å²) in [6.07, 6.45) is -0.836. The molecule has 1 aromatic rings. The lowest BCUT2D eigenvalue weighted by Gasteiger charge is -2.18. The van der Waals surface area contributed by atoms with Crippen molar-refractivity contribution < 1.29 is 27.9 Å². The Morgan fingerprint density at radius 1 is 1.25 bits per heavy atom. The van der Waals surface area contributed by atoms with Crippen molar-refractivity contribution >= 4 is 28.5 Å². The molecule has 1 fully saturated rings. The number of carbonyl (C=O) groups is 2. The second-order valence-electron chi connectivity index (χ2n) is 6.02. The summed E-state index contributed by atoms with van der Waals surface area (Å²) in [5.74, 6) is -5.23. The number of aryl methyl sites for hydroxylation is 2. The van der Waals surface area contributed by atoms with Crippen molar-refractivity contribution in [2.75, 3.05) is 18.4 Å². The summed E-state index contributed by atoms with van der Waals surface area (Å²) in [7, 11) is 0. The molecule has 0 saturated carbocycles. The average molecular weight is 363 g/mol. The number of nitrogens with one attached hydrogen (secondary N) is 1. The monoisotopic (exact) mass is 363 g/mol. The highest BCUT2D eigenvalue weighted by Crippen LogP contribution is 2.38. The topological polar surface area (TPSA) is 82.5 Å². The Morgan fingerprint density at radius 2 is 1.96 bits per heavy atom. The molecule has 2 N–H and O–H groups in total. The molecule has 2 atom stereocenters. The molecule has 1 aromatic heterocycles. The van der Waals surface area contributed by atoms with Crippen LogP contribution in [-0.4, -0.2) is 46.3 Å². The van der Waals surface area contributed by atoms with E-state index in [1.54, 1.807) is 0 Å². The van der Waals surface area contributed by atoms with Gasteiger partial charge in [-0.05, 0) is 25.7 Å². The van der Waals surface area contributed by atoms with Crippen molar-refractivity contribution in [2.24, 2.45) is 11.8 Å². The number of aliphatic carboxylic acids is 1. The maximum absolute atomic E-state index is 13.0. The van der Waals surface area contributed by atoms with E-state index in [1.807, 2.05) is 0 Å². The Kier molecular flexibility index (Phi) is 4.41. The Balaban J connectivity index is 1.69. The minimum absolute atomic E-state index is 0.356. The predicted molar refractivity (Wildman–Crippen MR) is 80.0 cm³/mol. The van der Waals surface area contributed by atoms with E-state index >= 15 is 0 Å². The maximum atomic E-state index is 13.0. The fourth-order valence-electron chi connectivity index (χ4n) is 3.13. The van der Waals surface area contributed by atoms with Crippen LogP contribution in [0.2, 0.25) is 0 Å². The van der Waals surface area contributed by atoms with Gasteiger partial charge in [0, 0.05) is 18.0 Å². The number of fused-ring (bicyclic) bond motifs is 1. The molecule has 0 radical (unpaired) electrons. The van der Waals surface area contributed by atoms with Crippen molar-refractivity contribution in [1.29, 1.82) is 0 Å². The first-order valence-electron chi connectivity index (χ1n) is 7.59. The van der Waals surface area contributed by atoms with E-state index in [4.69, 9.17) is 5.11 Å². The molecule has 24 heavy (non-hydrogen) atoms. The number of carboxylic acid groups (broad SMARTS) is 1. The van der Waals surface area contributed by atoms with Crippen LogP contribution in [0.25, 0.3) is 0 Å². The molecular weight excluding hydrogens is 347 g/mol. The SMILES string of the molecule is O=C(O)[C@@H]1CN(C(=O)Nc2nc3c(s2)CCCC3)C[C@H]1C(F)(F)F. The molecule has 0 unspecified atom stereocenters. The first-order chi connectivity index (χ1) is 11.3. The van der Waals surface area contributed by atoms with E-state index in [2.05, 4.69) is 10.3 Å². The number of urea groups is 1. The molecule has 6 nitrogen and oxygen atoms in total. The summed E-state index contributed by atoms with van der Waals surface area (Å²) < 4.78 is 38.9. The van der Waals surface area contributed by atoms with Gasteiger partial charge in [0.2, 0.25) is 0 Å². The van der Waals surface area contributed by atoms with Crippen LogP contribution in [0, 0.1) is 11.8 Å². The fourth-order valence-corrected chi connectivity index (χ4v) is 4.17. The molecule has 3 rings (SSSR count). The minimum atomic E-state index is -4.65. The van der Waals surface area contributed by atoms with Crippen LogP contribution in [-0.2, 0) is 17.6 Å². The Hall–Kier alpha value is -1.84. The molecule has 0 aromatic carbocycles. The quantitative estimate of drug-likeness (QED) is 0.846. The lowest BCUT2D eigenvalue weighted by Crippen LogP contribution is -2.35. The highest BCUT2D eigenvalue weighted by Gasteiger charge is 2.53. The number of likely N-dealkylation sites (tertiary alicyclic amines) is 1. The summed E-state index contributed by atoms with van der Waals surface area (Å²) >= 11 is 1.33. The van der Waals surface area contributed by atoms with Gasteiger partial charge in [-0.2, -0.15) is 13.2 Å². The number of nitrogens with zero attached hydrogens (tertiary/aromatic N) is 2. The lowest BCUT2D eigenvalue weighted by atomic mass is 9.96. The Labute approximate surface area is 139 Å². The molecule has 10 heteroatoms. The number of rotatable bonds is 2. The average Bonchev–Trinajstić information content (AvgIpc) is 3.10. The molecule has 0 bridgehead atoms. The Bertz CT molecular complexity index is 638. The number of carboxylic acids is 1. The second-order valence-corrected chi connectivity index (χ2v) is 7.11. The summed E-state index contributed by atoms with van der Waals surface area (Å²) in [6.45, 7) is -1.12. The van der Waals surface area contributed by atoms with Gasteiger partial charge in [0.15, 0.2) is 5.13 Å². The number of hydrogen-bond acceptors (Lipinski definition) is 4. The zero-order valence-electron chi connectivity index (χ0n) is 12.6. The molecule has 2 heterocycles. The summed E-state index contributed by atoms with van der Waals surface area (Å²) in [6, 6.07) is -0.737. The summed E-state index contributed by atoms with van der Waals surface area (Å²) in [4.78, 5) is 29.5. The van der Waals surface area contributed by atoms with Crippen molar-refractivity contribution in [3.8, 4) is 0 Å². The fraction of sp³-hybridized carbons (Fsp3) is 0.643. The van der Waals surface area contributed by atoms with E-state index in [-0.39, 0.29) is 0 Å². The van der Waals surface area contributed by atoms with Crippen LogP contribution in [0.4, 0.5) is 23.1 Å². The van der Waals surface area contributed by atoms with Crippen LogP contribution < -0.4 is 5.32 Å². The number of aromatic nitrogens is 1. The number of hydrogen-bond donors (Lipinski definition) is 2. The van der Waals surface area contributed by atoms with E-state index in [0.29, 0.717) is 5.13 Å². The number of carbonyl (C=O) groups excluding carboxylic acids is 1. The second kappa shape index (κ2) is 6.23. The first kappa shape index (κ1) is 17.0. The van der Waals surface area contributed by atoms with Crippen molar-refractivity contribution in [3.63, 3.8) is 0 Å². The van der Waals surface area contributed by atoms with Crippen molar-refractivity contribution in [2.45, 2.75) is 31.9 Å². The molecule has 1 saturated heterocycles. The van der Waals surface area contributed by atoms with Gasteiger partial charge in [0.1, 0.15) is 0 Å². The summed E-state index contributed by atoms with van der Waals surface area (Å²) in [5, 5.41) is 11.8. The summed E-state index contributed by atoms with van der Waals surface area (Å²) in [5.41, 5.74) is 0.930. The largest absolute Gasteiger partial charge is 0.481 e. The van der Waals surface area contributed by atoms with Gasteiger partial charge in [-0.1, -0.05) is 0 Å². The van der Waals surface area contributed by atoms with Gasteiger partial charge in [0.25, 0.3) is 0 Å². The van der Waals surface area contributed by atoms with Crippen LogP contribution in [0.5, 0.6) is 0 Å². The van der Waals surface area contributed by atoms with Gasteiger partial charge in [0.05, 0.1) is 17.5 Å². The van der Waals surface area contributed by atoms with E-state index in [0.717, 1.165) is 41.2 Å². The first-order valence-corrected chi connectivity index (χ1v) is 8.41. The van der Waals surface area contributed by atoms with E-state index < -0.39 is 43.1 Å². The van der Waals surface area contributed by atoms with Gasteiger partial charge >= 0.3 is 18.2 Å². The zero-order chi connectivity index (χ0) is 17.5. The molecule has 1 aliphatic carbocycles. The highest BCUT2D eigenvalue weighted by atomic mass is 32.1. The number of halogens is 3. The molecule has 0 spiro atoms. The molecule has 1 aliphatic heterocycles. The lowest BCUT2D eigenvalue weighted by molar-refractivity contribution is -0.187. The molecule has 2 aliphatic rings. The molecule has 132 valence electrons. The number of anilines is 1. The number of amides is 2. The third-order valence-electron chi connectivity index (χ3n) is 4.40. The highest BCUT2D eigenvalue weighted by molar-refractivity contribution is 7.15. The number of thiazole rings is 1. The van der Waals surface area contributed by atoms with Crippen LogP contribution in [0.1, 0.15) is 23.4 Å². The number of alkyl halides is 3. The molecular formula is C14H16F3N3O3S. The van der Waals surface area contributed by atoms with E-state index in [1.165, 1.54) is 11.3 Å².